The zero-order valence-electron chi connectivity index (χ0n) is 11.2. The summed E-state index contributed by atoms with van der Waals surface area (Å²) in [6.45, 7) is 1.90. The smallest absolute Gasteiger partial charge is 0.374 e. The van der Waals surface area contributed by atoms with Gasteiger partial charge in [-0.25, -0.2) is 9.18 Å². The molecule has 0 saturated carbocycles. The lowest BCUT2D eigenvalue weighted by Gasteiger charge is -2.02. The van der Waals surface area contributed by atoms with E-state index in [0.29, 0.717) is 6.42 Å². The first kappa shape index (κ1) is 15.3. The van der Waals surface area contributed by atoms with E-state index in [9.17, 15) is 14.0 Å². The Morgan fingerprint density at radius 1 is 1.21 bits per heavy atom. The molecule has 1 aromatic carbocycles. The molecule has 1 rings (SSSR count). The lowest BCUT2D eigenvalue weighted by atomic mass is 10.1. The number of esters is 1. The number of rotatable bonds is 8. The highest BCUT2D eigenvalue weighted by Gasteiger charge is 2.13. The van der Waals surface area contributed by atoms with Crippen molar-refractivity contribution in [2.24, 2.45) is 0 Å². The fourth-order valence-corrected chi connectivity index (χ4v) is 1.80. The van der Waals surface area contributed by atoms with Gasteiger partial charge in [-0.15, -0.1) is 0 Å². The summed E-state index contributed by atoms with van der Waals surface area (Å²) in [6.07, 6.45) is 3.38. The van der Waals surface area contributed by atoms with Crippen LogP contribution in [0.1, 0.15) is 38.2 Å². The number of halogens is 1. The van der Waals surface area contributed by atoms with Crippen LogP contribution in [0.4, 0.5) is 4.39 Å². The standard InChI is InChI=1S/C15H19FO3/c1-2-19-15(18)14(17)10-5-3-4-7-12-8-6-9-13(16)11-12/h6,8-9,11H,2-5,7,10H2,1H3. The highest BCUT2D eigenvalue weighted by molar-refractivity contribution is 6.33. The first-order chi connectivity index (χ1) is 9.13. The quantitative estimate of drug-likeness (QED) is 0.412. The molecule has 3 nitrogen and oxygen atoms in total. The summed E-state index contributed by atoms with van der Waals surface area (Å²) in [6, 6.07) is 6.51. The molecule has 0 amide bonds. The maximum atomic E-state index is 12.9. The Bertz CT molecular complexity index is 429. The lowest BCUT2D eigenvalue weighted by molar-refractivity contribution is -0.153. The first-order valence-electron chi connectivity index (χ1n) is 6.58. The number of benzene rings is 1. The second-order valence-electron chi connectivity index (χ2n) is 4.33. The zero-order valence-corrected chi connectivity index (χ0v) is 11.2. The van der Waals surface area contributed by atoms with Crippen LogP contribution in [-0.2, 0) is 20.7 Å². The van der Waals surface area contributed by atoms with Crippen LogP contribution in [0, 0.1) is 5.82 Å². The van der Waals surface area contributed by atoms with E-state index in [-0.39, 0.29) is 18.8 Å². The van der Waals surface area contributed by atoms with Crippen LogP contribution in [0.15, 0.2) is 24.3 Å². The van der Waals surface area contributed by atoms with E-state index in [2.05, 4.69) is 4.74 Å². The first-order valence-corrected chi connectivity index (χ1v) is 6.58. The molecule has 0 aliphatic rings. The number of unbranched alkanes of at least 4 members (excludes halogenated alkanes) is 2. The third-order valence-electron chi connectivity index (χ3n) is 2.76. The number of carbonyl (C=O) groups excluding carboxylic acids is 2. The molecular weight excluding hydrogens is 247 g/mol. The van der Waals surface area contributed by atoms with Gasteiger partial charge < -0.3 is 4.74 Å². The van der Waals surface area contributed by atoms with Crippen molar-refractivity contribution in [3.05, 3.63) is 35.6 Å². The van der Waals surface area contributed by atoms with E-state index in [1.807, 2.05) is 6.07 Å². The van der Waals surface area contributed by atoms with Gasteiger partial charge in [-0.1, -0.05) is 18.6 Å². The number of ether oxygens (including phenoxy) is 1. The molecule has 0 fully saturated rings. The predicted octanol–water partition coefficient (Wildman–Crippen LogP) is 3.06. The van der Waals surface area contributed by atoms with Crippen molar-refractivity contribution in [3.8, 4) is 0 Å². The lowest BCUT2D eigenvalue weighted by Crippen LogP contribution is -2.16. The second kappa shape index (κ2) is 8.40. The van der Waals surface area contributed by atoms with Gasteiger partial charge in [-0.05, 0) is 43.9 Å². The van der Waals surface area contributed by atoms with Gasteiger partial charge in [0.15, 0.2) is 0 Å². The molecule has 4 heteroatoms. The summed E-state index contributed by atoms with van der Waals surface area (Å²) in [4.78, 5) is 22.3. The molecule has 0 aromatic heterocycles. The second-order valence-corrected chi connectivity index (χ2v) is 4.33. The molecule has 1 aromatic rings. The van der Waals surface area contributed by atoms with E-state index >= 15 is 0 Å². The van der Waals surface area contributed by atoms with Crippen LogP contribution >= 0.6 is 0 Å². The van der Waals surface area contributed by atoms with E-state index in [1.165, 1.54) is 12.1 Å². The Kier molecular flexibility index (Phi) is 6.79. The molecule has 0 radical (unpaired) electrons. The molecule has 0 unspecified atom stereocenters. The predicted molar refractivity (Wildman–Crippen MR) is 70.2 cm³/mol. The summed E-state index contributed by atoms with van der Waals surface area (Å²) in [7, 11) is 0. The SMILES string of the molecule is CCOC(=O)C(=O)CCCCCc1cccc(F)c1. The average molecular weight is 266 g/mol. The average Bonchev–Trinajstić information content (AvgIpc) is 2.38. The normalized spacial score (nSPS) is 10.2. The van der Waals surface area contributed by atoms with Crippen LogP contribution in [0.5, 0.6) is 0 Å². The molecule has 0 atom stereocenters. The van der Waals surface area contributed by atoms with E-state index < -0.39 is 11.8 Å². The van der Waals surface area contributed by atoms with Crippen molar-refractivity contribution in [1.29, 1.82) is 0 Å². The number of hydrogen-bond donors (Lipinski definition) is 0. The molecule has 0 heterocycles. The minimum Gasteiger partial charge on any atom is -0.460 e. The minimum absolute atomic E-state index is 0.224. The van der Waals surface area contributed by atoms with Crippen molar-refractivity contribution in [2.75, 3.05) is 6.61 Å². The Hall–Kier alpha value is -1.71. The summed E-state index contributed by atoms with van der Waals surface area (Å²) >= 11 is 0. The molecule has 0 spiro atoms. The molecule has 0 saturated heterocycles. The van der Waals surface area contributed by atoms with Crippen molar-refractivity contribution in [1.82, 2.24) is 0 Å². The molecule has 19 heavy (non-hydrogen) atoms. The highest BCUT2D eigenvalue weighted by Crippen LogP contribution is 2.10. The Labute approximate surface area is 112 Å². The van der Waals surface area contributed by atoms with Gasteiger partial charge in [0.05, 0.1) is 6.61 Å². The van der Waals surface area contributed by atoms with Gasteiger partial charge in [0.2, 0.25) is 5.78 Å². The van der Waals surface area contributed by atoms with E-state index in [0.717, 1.165) is 24.8 Å². The zero-order chi connectivity index (χ0) is 14.1. The third kappa shape index (κ3) is 6.13. The van der Waals surface area contributed by atoms with E-state index in [4.69, 9.17) is 0 Å². The van der Waals surface area contributed by atoms with Gasteiger partial charge in [-0.3, -0.25) is 4.79 Å². The van der Waals surface area contributed by atoms with Gasteiger partial charge in [0.1, 0.15) is 5.82 Å². The molecular formula is C15H19FO3. The van der Waals surface area contributed by atoms with Gasteiger partial charge >= 0.3 is 5.97 Å². The Morgan fingerprint density at radius 2 is 2.00 bits per heavy atom. The van der Waals surface area contributed by atoms with Crippen molar-refractivity contribution >= 4 is 11.8 Å². The Balaban J connectivity index is 2.14. The number of ketones is 1. The third-order valence-corrected chi connectivity index (χ3v) is 2.76. The molecule has 0 aliphatic heterocycles. The fraction of sp³-hybridized carbons (Fsp3) is 0.467. The number of hydrogen-bond acceptors (Lipinski definition) is 3. The van der Waals surface area contributed by atoms with Gasteiger partial charge in [0.25, 0.3) is 0 Å². The number of carbonyl (C=O) groups is 2. The van der Waals surface area contributed by atoms with Crippen LogP contribution in [0.2, 0.25) is 0 Å². The van der Waals surface area contributed by atoms with Crippen LogP contribution in [0.3, 0.4) is 0 Å². The van der Waals surface area contributed by atoms with Crippen molar-refractivity contribution in [2.45, 2.75) is 39.0 Å². The summed E-state index contributed by atoms with van der Waals surface area (Å²) < 4.78 is 17.5. The summed E-state index contributed by atoms with van der Waals surface area (Å²) in [5.74, 6) is -1.43. The van der Waals surface area contributed by atoms with Crippen LogP contribution in [-0.4, -0.2) is 18.4 Å². The highest BCUT2D eigenvalue weighted by atomic mass is 19.1. The molecule has 0 N–H and O–H groups in total. The van der Waals surface area contributed by atoms with Crippen LogP contribution < -0.4 is 0 Å². The fourth-order valence-electron chi connectivity index (χ4n) is 1.80. The van der Waals surface area contributed by atoms with Crippen molar-refractivity contribution in [3.63, 3.8) is 0 Å². The summed E-state index contributed by atoms with van der Waals surface area (Å²) in [5, 5.41) is 0. The maximum Gasteiger partial charge on any atom is 0.374 e. The number of Topliss-reactive ketones (excluding diaryl/α,β-unsaturated/α-hetero) is 1. The number of aryl methyl sites for hydroxylation is 1. The molecule has 104 valence electrons. The monoisotopic (exact) mass is 266 g/mol. The van der Waals surface area contributed by atoms with Gasteiger partial charge in [0, 0.05) is 6.42 Å². The largest absolute Gasteiger partial charge is 0.460 e. The maximum absolute atomic E-state index is 12.9. The van der Waals surface area contributed by atoms with Crippen LogP contribution in [0.25, 0.3) is 0 Å². The van der Waals surface area contributed by atoms with Gasteiger partial charge in [-0.2, -0.15) is 0 Å². The summed E-state index contributed by atoms with van der Waals surface area (Å²) in [5.41, 5.74) is 0.955. The molecule has 0 bridgehead atoms. The topological polar surface area (TPSA) is 43.4 Å². The minimum atomic E-state index is -0.743. The molecule has 0 aliphatic carbocycles. The Morgan fingerprint density at radius 3 is 2.68 bits per heavy atom. The van der Waals surface area contributed by atoms with E-state index in [1.54, 1.807) is 13.0 Å². The van der Waals surface area contributed by atoms with Crippen molar-refractivity contribution < 1.29 is 18.7 Å².